The molecule has 3 nitrogen and oxygen atoms in total. The van der Waals surface area contributed by atoms with E-state index in [0.717, 1.165) is 19.3 Å². The molecular formula is C12H26O3. The number of aliphatic hydroxyl groups excluding tert-OH is 1. The Bertz CT molecular complexity index is 138. The van der Waals surface area contributed by atoms with Crippen LogP contribution in [0, 0.1) is 0 Å². The molecule has 0 saturated carbocycles. The highest BCUT2D eigenvalue weighted by Gasteiger charge is 2.22. The zero-order valence-electron chi connectivity index (χ0n) is 10.7. The van der Waals surface area contributed by atoms with Crippen molar-refractivity contribution in [2.75, 3.05) is 0 Å². The van der Waals surface area contributed by atoms with E-state index in [0.29, 0.717) is 12.2 Å². The van der Waals surface area contributed by atoms with Gasteiger partial charge < -0.3 is 14.6 Å². The minimum absolute atomic E-state index is 0.00583. The van der Waals surface area contributed by atoms with Crippen LogP contribution in [0.3, 0.4) is 0 Å². The molecule has 0 aromatic carbocycles. The quantitative estimate of drug-likeness (QED) is 0.774. The summed E-state index contributed by atoms with van der Waals surface area (Å²) in [6.45, 7) is 9.93. The van der Waals surface area contributed by atoms with Crippen molar-refractivity contribution < 1.29 is 14.6 Å². The molecule has 4 unspecified atom stereocenters. The number of ether oxygens (including phenoxy) is 2. The Morgan fingerprint density at radius 2 is 1.80 bits per heavy atom. The molecule has 1 aliphatic rings. The minimum atomic E-state index is -0.116. The summed E-state index contributed by atoms with van der Waals surface area (Å²) >= 11 is 0. The smallest absolute Gasteiger partial charge is 0.155 e. The predicted octanol–water partition coefficient (Wildman–Crippen LogP) is 2.71. The average molecular weight is 218 g/mol. The highest BCUT2D eigenvalue weighted by Crippen LogP contribution is 2.19. The molecule has 0 aromatic heterocycles. The largest absolute Gasteiger partial charge is 0.393 e. The first-order valence-corrected chi connectivity index (χ1v) is 5.98. The first kappa shape index (κ1) is 14.9. The molecular weight excluding hydrogens is 192 g/mol. The van der Waals surface area contributed by atoms with Crippen molar-refractivity contribution in [1.82, 2.24) is 0 Å². The van der Waals surface area contributed by atoms with E-state index in [2.05, 4.69) is 13.8 Å². The van der Waals surface area contributed by atoms with E-state index in [1.807, 2.05) is 13.8 Å². The lowest BCUT2D eigenvalue weighted by molar-refractivity contribution is -0.229. The summed E-state index contributed by atoms with van der Waals surface area (Å²) < 4.78 is 10.9. The lowest BCUT2D eigenvalue weighted by atomic mass is 10.1. The van der Waals surface area contributed by atoms with E-state index in [9.17, 15) is 0 Å². The van der Waals surface area contributed by atoms with Crippen molar-refractivity contribution in [2.45, 2.75) is 78.5 Å². The van der Waals surface area contributed by atoms with Crippen LogP contribution in [0.2, 0.25) is 0 Å². The maximum absolute atomic E-state index is 8.36. The molecule has 4 atom stereocenters. The molecule has 0 bridgehead atoms. The van der Waals surface area contributed by atoms with Crippen molar-refractivity contribution in [2.24, 2.45) is 0 Å². The topological polar surface area (TPSA) is 38.7 Å². The van der Waals surface area contributed by atoms with Crippen molar-refractivity contribution >= 4 is 0 Å². The van der Waals surface area contributed by atoms with Crippen molar-refractivity contribution in [3.8, 4) is 0 Å². The fourth-order valence-electron chi connectivity index (χ4n) is 1.37. The van der Waals surface area contributed by atoms with E-state index >= 15 is 0 Å². The number of aliphatic hydroxyl groups is 1. The zero-order valence-corrected chi connectivity index (χ0v) is 10.7. The van der Waals surface area contributed by atoms with Crippen LogP contribution < -0.4 is 0 Å². The highest BCUT2D eigenvalue weighted by molar-refractivity contribution is 4.66. The van der Waals surface area contributed by atoms with E-state index < -0.39 is 0 Å². The number of hydrogen-bond donors (Lipinski definition) is 1. The van der Waals surface area contributed by atoms with Gasteiger partial charge in [-0.15, -0.1) is 0 Å². The summed E-state index contributed by atoms with van der Waals surface area (Å²) in [6, 6.07) is 0. The van der Waals surface area contributed by atoms with Crippen LogP contribution in [0.4, 0.5) is 0 Å². The van der Waals surface area contributed by atoms with Crippen molar-refractivity contribution in [3.63, 3.8) is 0 Å². The van der Waals surface area contributed by atoms with Gasteiger partial charge in [0, 0.05) is 0 Å². The molecule has 1 rings (SSSR count). The molecule has 15 heavy (non-hydrogen) atoms. The first-order chi connectivity index (χ1) is 6.99. The predicted molar refractivity (Wildman–Crippen MR) is 61.8 cm³/mol. The van der Waals surface area contributed by atoms with Crippen LogP contribution in [0.25, 0.3) is 0 Å². The Morgan fingerprint density at radius 1 is 1.27 bits per heavy atom. The summed E-state index contributed by atoms with van der Waals surface area (Å²) in [5.74, 6) is 0. The number of rotatable bonds is 2. The van der Waals surface area contributed by atoms with Gasteiger partial charge in [-0.05, 0) is 40.0 Å². The summed E-state index contributed by atoms with van der Waals surface area (Å²) in [4.78, 5) is 0. The lowest BCUT2D eigenvalue weighted by Crippen LogP contribution is -2.34. The highest BCUT2D eigenvalue weighted by atomic mass is 16.7. The van der Waals surface area contributed by atoms with Gasteiger partial charge in [-0.3, -0.25) is 0 Å². The van der Waals surface area contributed by atoms with Crippen LogP contribution in [-0.4, -0.2) is 29.7 Å². The SMILES string of the molecule is CCC(C)O.CCC1CC(C)OC(C)O1. The third-order valence-corrected chi connectivity index (χ3v) is 2.45. The van der Waals surface area contributed by atoms with Gasteiger partial charge in [0.25, 0.3) is 0 Å². The maximum Gasteiger partial charge on any atom is 0.155 e. The van der Waals surface area contributed by atoms with Gasteiger partial charge in [-0.1, -0.05) is 13.8 Å². The van der Waals surface area contributed by atoms with E-state index in [1.54, 1.807) is 6.92 Å². The number of hydrogen-bond acceptors (Lipinski definition) is 3. The summed E-state index contributed by atoms with van der Waals surface area (Å²) in [7, 11) is 0. The molecule has 1 fully saturated rings. The summed E-state index contributed by atoms with van der Waals surface area (Å²) in [5.41, 5.74) is 0. The van der Waals surface area contributed by atoms with Gasteiger partial charge in [0.1, 0.15) is 0 Å². The van der Waals surface area contributed by atoms with Crippen molar-refractivity contribution in [1.29, 1.82) is 0 Å². The van der Waals surface area contributed by atoms with Crippen LogP contribution in [-0.2, 0) is 9.47 Å². The Hall–Kier alpha value is -0.120. The lowest BCUT2D eigenvalue weighted by Gasteiger charge is -2.31. The molecule has 1 heterocycles. The summed E-state index contributed by atoms with van der Waals surface area (Å²) in [6.07, 6.45) is 3.66. The van der Waals surface area contributed by atoms with Crippen LogP contribution in [0.1, 0.15) is 53.9 Å². The molecule has 92 valence electrons. The van der Waals surface area contributed by atoms with E-state index in [1.165, 1.54) is 0 Å². The van der Waals surface area contributed by atoms with Crippen LogP contribution in [0.5, 0.6) is 0 Å². The fraction of sp³-hybridized carbons (Fsp3) is 1.00. The molecule has 0 radical (unpaired) electrons. The Labute approximate surface area is 93.8 Å². The Morgan fingerprint density at radius 3 is 2.13 bits per heavy atom. The van der Waals surface area contributed by atoms with Gasteiger partial charge in [-0.2, -0.15) is 0 Å². The molecule has 1 N–H and O–H groups in total. The fourth-order valence-corrected chi connectivity index (χ4v) is 1.37. The van der Waals surface area contributed by atoms with Gasteiger partial charge in [0.2, 0.25) is 0 Å². The standard InChI is InChI=1S/C8H16O2.C4H10O/c1-4-8-5-6(2)9-7(3)10-8;1-3-4(2)5/h6-8H,4-5H2,1-3H3;4-5H,3H2,1-2H3. The molecule has 3 heteroatoms. The van der Waals surface area contributed by atoms with Gasteiger partial charge in [-0.25, -0.2) is 0 Å². The second kappa shape index (κ2) is 8.08. The van der Waals surface area contributed by atoms with E-state index in [4.69, 9.17) is 14.6 Å². The van der Waals surface area contributed by atoms with Crippen LogP contribution >= 0.6 is 0 Å². The first-order valence-electron chi connectivity index (χ1n) is 5.98. The molecule has 0 spiro atoms. The van der Waals surface area contributed by atoms with Gasteiger partial charge in [0.15, 0.2) is 6.29 Å². The second-order valence-corrected chi connectivity index (χ2v) is 4.17. The zero-order chi connectivity index (χ0) is 11.8. The monoisotopic (exact) mass is 218 g/mol. The maximum atomic E-state index is 8.36. The van der Waals surface area contributed by atoms with Gasteiger partial charge >= 0.3 is 0 Å². The minimum Gasteiger partial charge on any atom is -0.393 e. The molecule has 1 saturated heterocycles. The van der Waals surface area contributed by atoms with E-state index in [-0.39, 0.29) is 12.4 Å². The molecule has 0 aliphatic carbocycles. The molecule has 1 aliphatic heterocycles. The Balaban J connectivity index is 0.000000336. The Kier molecular flexibility index (Phi) is 8.02. The molecule has 0 aromatic rings. The molecule has 0 amide bonds. The van der Waals surface area contributed by atoms with Crippen molar-refractivity contribution in [3.05, 3.63) is 0 Å². The normalized spacial score (nSPS) is 32.8. The summed E-state index contributed by atoms with van der Waals surface area (Å²) in [5, 5.41) is 8.36. The third-order valence-electron chi connectivity index (χ3n) is 2.45. The average Bonchev–Trinajstić information content (AvgIpc) is 2.17. The second-order valence-electron chi connectivity index (χ2n) is 4.17. The van der Waals surface area contributed by atoms with Crippen LogP contribution in [0.15, 0.2) is 0 Å². The van der Waals surface area contributed by atoms with Gasteiger partial charge in [0.05, 0.1) is 18.3 Å². The third kappa shape index (κ3) is 7.77.